The molecule has 0 aliphatic heterocycles. The molecule has 0 amide bonds. The quantitative estimate of drug-likeness (QED) is 0.498. The topological polar surface area (TPSA) is 44.8 Å². The van der Waals surface area contributed by atoms with Crippen LogP contribution in [-0.4, -0.2) is 9.90 Å². The lowest BCUT2D eigenvalue weighted by Crippen LogP contribution is -2.37. The molecule has 2 aromatic carbocycles. The number of hydrogen-bond donors (Lipinski definition) is 0. The first-order valence-corrected chi connectivity index (χ1v) is 5.89. The minimum Gasteiger partial charge on any atom is -0.692 e. The van der Waals surface area contributed by atoms with Crippen molar-refractivity contribution in [2.45, 2.75) is 6.92 Å². The van der Waals surface area contributed by atoms with Crippen molar-refractivity contribution in [2.24, 2.45) is 0 Å². The third kappa shape index (κ3) is 1.62. The van der Waals surface area contributed by atoms with E-state index in [1.807, 2.05) is 37.3 Å². The molecule has 3 aromatic rings. The zero-order valence-corrected chi connectivity index (χ0v) is 10.4. The van der Waals surface area contributed by atoms with Gasteiger partial charge in [-0.1, -0.05) is 29.8 Å². The molecular weight excluding hydrogens is 250 g/mol. The number of fused-ring (bicyclic) bond motifs is 1. The molecule has 0 fully saturated rings. The van der Waals surface area contributed by atoms with Gasteiger partial charge in [-0.2, -0.15) is 0 Å². The number of nitrogens with zero attached hydrogens (tertiary/aromatic N) is 3. The number of benzene rings is 2. The van der Waals surface area contributed by atoms with E-state index in [0.29, 0.717) is 21.7 Å². The van der Waals surface area contributed by atoms with Gasteiger partial charge in [-0.15, -0.1) is 4.85 Å². The summed E-state index contributed by atoms with van der Waals surface area (Å²) in [7, 11) is 0. The van der Waals surface area contributed by atoms with Crippen LogP contribution in [0.5, 0.6) is 0 Å². The van der Waals surface area contributed by atoms with Crippen molar-refractivity contribution >= 4 is 22.6 Å². The summed E-state index contributed by atoms with van der Waals surface area (Å²) in [4.78, 5) is 2.02. The average molecular weight is 260 g/mol. The first kappa shape index (κ1) is 11.0. The van der Waals surface area contributed by atoms with Crippen LogP contribution in [-0.2, 0) is 0 Å². The monoisotopic (exact) mass is 259 g/mol. The smallest absolute Gasteiger partial charge is 0.250 e. The number of aromatic nitrogens is 3. The summed E-state index contributed by atoms with van der Waals surface area (Å²) in [5.74, 6) is 0. The molecule has 0 saturated heterocycles. The molecule has 3 rings (SSSR count). The Morgan fingerprint density at radius 1 is 1.22 bits per heavy atom. The second-order valence-electron chi connectivity index (χ2n) is 4.11. The molecule has 0 spiro atoms. The molecule has 0 atom stereocenters. The fourth-order valence-corrected chi connectivity index (χ4v) is 2.09. The van der Waals surface area contributed by atoms with Gasteiger partial charge in [-0.3, -0.25) is 0 Å². The number of rotatable bonds is 1. The van der Waals surface area contributed by atoms with E-state index < -0.39 is 0 Å². The molecule has 0 N–H and O–H groups in total. The first-order chi connectivity index (χ1) is 8.66. The first-order valence-electron chi connectivity index (χ1n) is 5.51. The molecule has 5 heteroatoms. The van der Waals surface area contributed by atoms with Crippen LogP contribution in [0.25, 0.3) is 16.7 Å². The number of hydrogen-bond acceptors (Lipinski definition) is 2. The van der Waals surface area contributed by atoms with Crippen molar-refractivity contribution in [2.75, 3.05) is 0 Å². The van der Waals surface area contributed by atoms with Crippen LogP contribution in [0.15, 0.2) is 42.5 Å². The molecule has 1 heterocycles. The second kappa shape index (κ2) is 3.99. The zero-order valence-electron chi connectivity index (χ0n) is 9.67. The van der Waals surface area contributed by atoms with Crippen LogP contribution in [0.2, 0.25) is 5.02 Å². The molecule has 18 heavy (non-hydrogen) atoms. The van der Waals surface area contributed by atoms with Gasteiger partial charge in [0.25, 0.3) is 0 Å². The molecule has 4 nitrogen and oxygen atoms in total. The van der Waals surface area contributed by atoms with E-state index in [9.17, 15) is 5.21 Å². The SMILES string of the molecule is Cc1ccc2nn(-c3ccccc3Cl)[n+]([O-])c2c1. The van der Waals surface area contributed by atoms with Crippen LogP contribution in [0.1, 0.15) is 5.56 Å². The fourth-order valence-electron chi connectivity index (χ4n) is 1.88. The Balaban J connectivity index is 2.31. The van der Waals surface area contributed by atoms with Crippen LogP contribution < -0.4 is 4.85 Å². The highest BCUT2D eigenvalue weighted by Gasteiger charge is 2.17. The average Bonchev–Trinajstić information content (AvgIpc) is 2.68. The Labute approximate surface area is 109 Å². The van der Waals surface area contributed by atoms with Gasteiger partial charge in [0.15, 0.2) is 0 Å². The predicted octanol–water partition coefficient (Wildman–Crippen LogP) is 2.62. The van der Waals surface area contributed by atoms with Gasteiger partial charge in [-0.05, 0) is 41.5 Å². The Morgan fingerprint density at radius 2 is 2.00 bits per heavy atom. The van der Waals surface area contributed by atoms with Crippen LogP contribution in [0.3, 0.4) is 0 Å². The maximum Gasteiger partial charge on any atom is 0.250 e. The van der Waals surface area contributed by atoms with Gasteiger partial charge in [0.2, 0.25) is 11.0 Å². The van der Waals surface area contributed by atoms with Crippen LogP contribution in [0.4, 0.5) is 0 Å². The molecule has 0 radical (unpaired) electrons. The number of para-hydroxylation sites is 1. The van der Waals surface area contributed by atoms with Crippen molar-refractivity contribution in [3.05, 3.63) is 58.3 Å². The molecular formula is C13H10ClN3O. The van der Waals surface area contributed by atoms with E-state index in [-0.39, 0.29) is 0 Å². The summed E-state index contributed by atoms with van der Waals surface area (Å²) in [6.45, 7) is 1.94. The largest absolute Gasteiger partial charge is 0.692 e. The summed E-state index contributed by atoms with van der Waals surface area (Å²) >= 11 is 6.08. The van der Waals surface area contributed by atoms with Crippen LogP contribution in [0, 0.1) is 12.1 Å². The summed E-state index contributed by atoms with van der Waals surface area (Å²) in [6, 6.07) is 12.7. The lowest BCUT2D eigenvalue weighted by atomic mass is 10.2. The summed E-state index contributed by atoms with van der Waals surface area (Å²) in [5, 5.41) is 17.0. The zero-order chi connectivity index (χ0) is 12.7. The van der Waals surface area contributed by atoms with Gasteiger partial charge in [-0.25, -0.2) is 0 Å². The number of aryl methyl sites for hydroxylation is 1. The maximum absolute atomic E-state index is 12.2. The highest BCUT2D eigenvalue weighted by atomic mass is 35.5. The van der Waals surface area contributed by atoms with E-state index in [4.69, 9.17) is 11.6 Å². The van der Waals surface area contributed by atoms with Gasteiger partial charge >= 0.3 is 0 Å². The van der Waals surface area contributed by atoms with Crippen molar-refractivity contribution in [1.82, 2.24) is 9.90 Å². The van der Waals surface area contributed by atoms with Crippen molar-refractivity contribution in [3.63, 3.8) is 0 Å². The second-order valence-corrected chi connectivity index (χ2v) is 4.51. The molecule has 0 unspecified atom stereocenters. The highest BCUT2D eigenvalue weighted by Crippen LogP contribution is 2.19. The summed E-state index contributed by atoms with van der Waals surface area (Å²) in [5.41, 5.74) is 2.78. The Hall–Kier alpha value is -2.07. The van der Waals surface area contributed by atoms with Crippen molar-refractivity contribution < 1.29 is 4.85 Å². The minimum absolute atomic E-state index is 0.492. The summed E-state index contributed by atoms with van der Waals surface area (Å²) in [6.07, 6.45) is 0. The Bertz CT molecular complexity index is 736. The third-order valence-electron chi connectivity index (χ3n) is 2.78. The Morgan fingerprint density at radius 3 is 2.78 bits per heavy atom. The predicted molar refractivity (Wildman–Crippen MR) is 69.8 cm³/mol. The number of halogens is 1. The highest BCUT2D eigenvalue weighted by molar-refractivity contribution is 6.32. The van der Waals surface area contributed by atoms with E-state index in [1.54, 1.807) is 12.1 Å². The van der Waals surface area contributed by atoms with Gasteiger partial charge in [0.1, 0.15) is 5.69 Å². The van der Waals surface area contributed by atoms with E-state index in [2.05, 4.69) is 5.10 Å². The van der Waals surface area contributed by atoms with E-state index in [1.165, 1.54) is 4.80 Å². The minimum atomic E-state index is 0.492. The van der Waals surface area contributed by atoms with Gasteiger partial charge in [0, 0.05) is 0 Å². The molecule has 1 aromatic heterocycles. The fraction of sp³-hybridized carbons (Fsp3) is 0.0769. The third-order valence-corrected chi connectivity index (χ3v) is 3.10. The standard InChI is InChI=1S/C13H10ClN3O/c1-9-6-7-11-13(8-9)17(18)16(15-11)12-5-3-2-4-10(12)14/h2-8H,1H3. The molecule has 90 valence electrons. The molecule has 0 bridgehead atoms. The lowest BCUT2D eigenvalue weighted by molar-refractivity contribution is -0.664. The molecule has 0 aliphatic carbocycles. The molecule has 0 saturated carbocycles. The van der Waals surface area contributed by atoms with Gasteiger partial charge < -0.3 is 5.21 Å². The normalized spacial score (nSPS) is 11.0. The Kier molecular flexibility index (Phi) is 2.45. The van der Waals surface area contributed by atoms with Gasteiger partial charge in [0.05, 0.1) is 10.1 Å². The maximum atomic E-state index is 12.2. The van der Waals surface area contributed by atoms with E-state index >= 15 is 0 Å². The van der Waals surface area contributed by atoms with Crippen molar-refractivity contribution in [1.29, 1.82) is 0 Å². The molecule has 0 aliphatic rings. The van der Waals surface area contributed by atoms with E-state index in [0.717, 1.165) is 10.4 Å². The lowest BCUT2D eigenvalue weighted by Gasteiger charge is -2.04. The van der Waals surface area contributed by atoms with Crippen LogP contribution >= 0.6 is 11.6 Å². The van der Waals surface area contributed by atoms with Crippen molar-refractivity contribution in [3.8, 4) is 5.69 Å². The summed E-state index contributed by atoms with van der Waals surface area (Å²) < 4.78 is 0.